The zero-order valence-corrected chi connectivity index (χ0v) is 14.1. The standard InChI is InChI=1S/C19H16ClNO3/c1-12-7-15(8-13(2)19(12)20)24-11-18(23)21-9-14(10-22)16-5-3-4-6-17(16)21/h3-10H,11H2,1-2H3. The Morgan fingerprint density at radius 2 is 1.88 bits per heavy atom. The van der Waals surface area contributed by atoms with E-state index in [-0.39, 0.29) is 12.5 Å². The van der Waals surface area contributed by atoms with Gasteiger partial charge < -0.3 is 4.74 Å². The van der Waals surface area contributed by atoms with Crippen molar-refractivity contribution in [1.29, 1.82) is 0 Å². The van der Waals surface area contributed by atoms with Crippen molar-refractivity contribution in [1.82, 2.24) is 4.57 Å². The van der Waals surface area contributed by atoms with Crippen molar-refractivity contribution in [2.24, 2.45) is 0 Å². The Bertz CT molecular complexity index is 920. The van der Waals surface area contributed by atoms with E-state index in [1.165, 1.54) is 4.57 Å². The number of nitrogens with zero attached hydrogens (tertiary/aromatic N) is 1. The maximum absolute atomic E-state index is 12.5. The molecule has 0 radical (unpaired) electrons. The first-order chi connectivity index (χ1) is 11.5. The number of carbonyl (C=O) groups is 2. The van der Waals surface area contributed by atoms with Gasteiger partial charge in [-0.3, -0.25) is 14.2 Å². The third kappa shape index (κ3) is 2.93. The predicted molar refractivity (Wildman–Crippen MR) is 94.4 cm³/mol. The molecule has 0 spiro atoms. The summed E-state index contributed by atoms with van der Waals surface area (Å²) in [5.74, 6) is 0.347. The first-order valence-electron chi connectivity index (χ1n) is 7.49. The summed E-state index contributed by atoms with van der Waals surface area (Å²) in [5.41, 5.74) is 2.97. The van der Waals surface area contributed by atoms with Gasteiger partial charge in [0, 0.05) is 22.2 Å². The number of halogens is 1. The molecule has 24 heavy (non-hydrogen) atoms. The van der Waals surface area contributed by atoms with Gasteiger partial charge in [0.25, 0.3) is 5.91 Å². The highest BCUT2D eigenvalue weighted by atomic mass is 35.5. The smallest absolute Gasteiger partial charge is 0.269 e. The number of hydrogen-bond acceptors (Lipinski definition) is 3. The maximum Gasteiger partial charge on any atom is 0.269 e. The second-order valence-corrected chi connectivity index (χ2v) is 6.02. The normalized spacial score (nSPS) is 10.8. The van der Waals surface area contributed by atoms with E-state index in [0.717, 1.165) is 22.8 Å². The van der Waals surface area contributed by atoms with Gasteiger partial charge in [0.1, 0.15) is 5.75 Å². The highest BCUT2D eigenvalue weighted by Gasteiger charge is 2.14. The van der Waals surface area contributed by atoms with Crippen molar-refractivity contribution in [3.8, 4) is 5.75 Å². The fraction of sp³-hybridized carbons (Fsp3) is 0.158. The minimum Gasteiger partial charge on any atom is -0.484 e. The molecule has 0 bridgehead atoms. The minimum atomic E-state index is -0.246. The summed E-state index contributed by atoms with van der Waals surface area (Å²) in [4.78, 5) is 23.7. The summed E-state index contributed by atoms with van der Waals surface area (Å²) in [7, 11) is 0. The van der Waals surface area contributed by atoms with E-state index in [9.17, 15) is 9.59 Å². The molecule has 3 aromatic rings. The van der Waals surface area contributed by atoms with Gasteiger partial charge >= 0.3 is 0 Å². The molecule has 0 aliphatic heterocycles. The summed E-state index contributed by atoms with van der Waals surface area (Å²) in [6.07, 6.45) is 2.29. The molecule has 0 saturated heterocycles. The molecule has 1 heterocycles. The Morgan fingerprint density at radius 3 is 2.54 bits per heavy atom. The van der Waals surface area contributed by atoms with E-state index in [1.54, 1.807) is 24.4 Å². The largest absolute Gasteiger partial charge is 0.484 e. The molecule has 122 valence electrons. The van der Waals surface area contributed by atoms with Crippen molar-refractivity contribution in [3.63, 3.8) is 0 Å². The van der Waals surface area contributed by atoms with Gasteiger partial charge in [-0.2, -0.15) is 0 Å². The summed E-state index contributed by atoms with van der Waals surface area (Å²) >= 11 is 6.13. The number of hydrogen-bond donors (Lipinski definition) is 0. The molecular formula is C19H16ClNO3. The Labute approximate surface area is 144 Å². The highest BCUT2D eigenvalue weighted by molar-refractivity contribution is 6.32. The zero-order chi connectivity index (χ0) is 17.3. The monoisotopic (exact) mass is 341 g/mol. The number of aldehydes is 1. The Kier molecular flexibility index (Phi) is 4.40. The molecule has 3 rings (SSSR count). The van der Waals surface area contributed by atoms with Crippen LogP contribution in [0.15, 0.2) is 42.6 Å². The number of aromatic nitrogens is 1. The molecule has 1 aromatic heterocycles. The zero-order valence-electron chi connectivity index (χ0n) is 13.4. The van der Waals surface area contributed by atoms with Gasteiger partial charge in [-0.25, -0.2) is 0 Å². The molecular weight excluding hydrogens is 326 g/mol. The van der Waals surface area contributed by atoms with Crippen LogP contribution in [-0.4, -0.2) is 23.4 Å². The lowest BCUT2D eigenvalue weighted by Gasteiger charge is -2.10. The predicted octanol–water partition coefficient (Wildman–Crippen LogP) is 4.44. The van der Waals surface area contributed by atoms with Crippen LogP contribution in [0.25, 0.3) is 10.9 Å². The van der Waals surface area contributed by atoms with E-state index >= 15 is 0 Å². The van der Waals surface area contributed by atoms with Crippen LogP contribution in [0.1, 0.15) is 26.3 Å². The van der Waals surface area contributed by atoms with Crippen molar-refractivity contribution in [2.45, 2.75) is 13.8 Å². The Morgan fingerprint density at radius 1 is 1.21 bits per heavy atom. The van der Waals surface area contributed by atoms with E-state index in [4.69, 9.17) is 16.3 Å². The third-order valence-corrected chi connectivity index (χ3v) is 4.51. The first kappa shape index (κ1) is 16.3. The molecule has 0 unspecified atom stereocenters. The molecule has 4 nitrogen and oxygen atoms in total. The summed E-state index contributed by atoms with van der Waals surface area (Å²) in [6, 6.07) is 10.9. The summed E-state index contributed by atoms with van der Waals surface area (Å²) < 4.78 is 7.07. The third-order valence-electron chi connectivity index (χ3n) is 3.91. The van der Waals surface area contributed by atoms with Crippen LogP contribution in [0, 0.1) is 13.8 Å². The van der Waals surface area contributed by atoms with Crippen molar-refractivity contribution < 1.29 is 14.3 Å². The second-order valence-electron chi connectivity index (χ2n) is 5.64. The van der Waals surface area contributed by atoms with Crippen LogP contribution < -0.4 is 4.74 Å². The molecule has 0 amide bonds. The van der Waals surface area contributed by atoms with Crippen LogP contribution in [-0.2, 0) is 0 Å². The Hall–Kier alpha value is -2.59. The van der Waals surface area contributed by atoms with E-state index in [1.807, 2.05) is 32.0 Å². The lowest BCUT2D eigenvalue weighted by atomic mass is 10.1. The van der Waals surface area contributed by atoms with Crippen LogP contribution in [0.4, 0.5) is 0 Å². The van der Waals surface area contributed by atoms with E-state index in [2.05, 4.69) is 0 Å². The number of para-hydroxylation sites is 1. The van der Waals surface area contributed by atoms with Crippen LogP contribution in [0.5, 0.6) is 5.75 Å². The quantitative estimate of drug-likeness (QED) is 0.659. The average Bonchev–Trinajstić information content (AvgIpc) is 2.96. The lowest BCUT2D eigenvalue weighted by Crippen LogP contribution is -2.18. The molecule has 5 heteroatoms. The van der Waals surface area contributed by atoms with Crippen LogP contribution >= 0.6 is 11.6 Å². The van der Waals surface area contributed by atoms with Crippen molar-refractivity contribution >= 4 is 34.7 Å². The number of benzene rings is 2. The molecule has 2 aromatic carbocycles. The van der Waals surface area contributed by atoms with Gasteiger partial charge in [-0.05, 0) is 43.2 Å². The number of aryl methyl sites for hydroxylation is 2. The molecule has 0 atom stereocenters. The molecule has 0 aliphatic rings. The lowest BCUT2D eigenvalue weighted by molar-refractivity contribution is 0.0843. The number of fused-ring (bicyclic) bond motifs is 1. The average molecular weight is 342 g/mol. The number of ether oxygens (including phenoxy) is 1. The number of carbonyl (C=O) groups excluding carboxylic acids is 2. The van der Waals surface area contributed by atoms with Gasteiger partial charge in [0.15, 0.2) is 12.9 Å². The van der Waals surface area contributed by atoms with Crippen molar-refractivity contribution in [3.05, 3.63) is 64.3 Å². The molecule has 0 aliphatic carbocycles. The topological polar surface area (TPSA) is 48.3 Å². The minimum absolute atomic E-state index is 0.127. The summed E-state index contributed by atoms with van der Waals surface area (Å²) in [5, 5.41) is 1.44. The van der Waals surface area contributed by atoms with Gasteiger partial charge in [0.05, 0.1) is 5.52 Å². The van der Waals surface area contributed by atoms with Crippen LogP contribution in [0.2, 0.25) is 5.02 Å². The highest BCUT2D eigenvalue weighted by Crippen LogP contribution is 2.26. The fourth-order valence-corrected chi connectivity index (χ4v) is 2.82. The van der Waals surface area contributed by atoms with E-state index < -0.39 is 0 Å². The second kappa shape index (κ2) is 6.49. The fourth-order valence-electron chi connectivity index (χ4n) is 2.71. The SMILES string of the molecule is Cc1cc(OCC(=O)n2cc(C=O)c3ccccc32)cc(C)c1Cl. The summed E-state index contributed by atoms with van der Waals surface area (Å²) in [6.45, 7) is 3.65. The maximum atomic E-state index is 12.5. The van der Waals surface area contributed by atoms with Gasteiger partial charge in [0.2, 0.25) is 0 Å². The molecule has 0 fully saturated rings. The number of rotatable bonds is 4. The van der Waals surface area contributed by atoms with Gasteiger partial charge in [-0.1, -0.05) is 29.8 Å². The Balaban J connectivity index is 1.85. The van der Waals surface area contributed by atoms with Crippen LogP contribution in [0.3, 0.4) is 0 Å². The molecule has 0 N–H and O–H groups in total. The van der Waals surface area contributed by atoms with E-state index in [0.29, 0.717) is 21.9 Å². The first-order valence-corrected chi connectivity index (χ1v) is 7.87. The van der Waals surface area contributed by atoms with Crippen molar-refractivity contribution in [2.75, 3.05) is 6.61 Å². The van der Waals surface area contributed by atoms with Gasteiger partial charge in [-0.15, -0.1) is 0 Å². The molecule has 0 saturated carbocycles.